The molecule has 1 aliphatic heterocycles. The summed E-state index contributed by atoms with van der Waals surface area (Å²) in [6.45, 7) is 6.30. The topological polar surface area (TPSA) is 17.1 Å². The van der Waals surface area contributed by atoms with Gasteiger partial charge in [-0.2, -0.15) is 5.30 Å². The molecular formula is C14H16LiOPS. The van der Waals surface area contributed by atoms with Crippen LogP contribution in [0.2, 0.25) is 0 Å². The molecule has 1 aromatic carbocycles. The van der Waals surface area contributed by atoms with E-state index >= 15 is 0 Å². The molecule has 90 valence electrons. The van der Waals surface area contributed by atoms with Crippen LogP contribution in [0, 0.1) is 0 Å². The van der Waals surface area contributed by atoms with E-state index in [1.165, 1.54) is 10.5 Å². The van der Waals surface area contributed by atoms with Gasteiger partial charge in [0.25, 0.3) is 0 Å². The summed E-state index contributed by atoms with van der Waals surface area (Å²) >= 11 is 1.73. The van der Waals surface area contributed by atoms with Crippen LogP contribution in [0.5, 0.6) is 0 Å². The van der Waals surface area contributed by atoms with Gasteiger partial charge in [-0.3, -0.25) is 0 Å². The molecule has 0 fully saturated rings. The van der Waals surface area contributed by atoms with Gasteiger partial charge in [0, 0.05) is 4.75 Å². The molecule has 18 heavy (non-hydrogen) atoms. The van der Waals surface area contributed by atoms with E-state index in [4.69, 9.17) is 0 Å². The van der Waals surface area contributed by atoms with Gasteiger partial charge in [-0.1, -0.05) is 35.9 Å². The molecule has 1 heterocycles. The maximum absolute atomic E-state index is 12.4. The van der Waals surface area contributed by atoms with Crippen molar-refractivity contribution in [1.82, 2.24) is 0 Å². The number of hydrogen-bond acceptors (Lipinski definition) is 2. The molecule has 0 aliphatic carbocycles. The minimum absolute atomic E-state index is 0. The Balaban J connectivity index is 0.00000162. The molecule has 0 aromatic heterocycles. The Hall–Kier alpha value is 0.00740. The van der Waals surface area contributed by atoms with E-state index in [1.54, 1.807) is 11.8 Å². The first-order chi connectivity index (χ1) is 8.01. The van der Waals surface area contributed by atoms with Gasteiger partial charge >= 0.3 is 18.9 Å². The van der Waals surface area contributed by atoms with E-state index in [2.05, 4.69) is 20.8 Å². The normalized spacial score (nSPS) is 23.5. The summed E-state index contributed by atoms with van der Waals surface area (Å²) in [7, 11) is 0.817. The minimum Gasteiger partial charge on any atom is -0.430 e. The number of allylic oxidation sites excluding steroid dienone is 2. The summed E-state index contributed by atoms with van der Waals surface area (Å²) in [4.78, 5) is 13.7. The van der Waals surface area contributed by atoms with Crippen molar-refractivity contribution in [2.75, 3.05) is 0 Å². The second-order valence-corrected chi connectivity index (χ2v) is 7.46. The van der Waals surface area contributed by atoms with Crippen molar-refractivity contribution in [2.24, 2.45) is 0 Å². The Morgan fingerprint density at radius 2 is 1.89 bits per heavy atom. The largest absolute Gasteiger partial charge is 1.00 e. The van der Waals surface area contributed by atoms with E-state index in [1.807, 2.05) is 30.3 Å². The summed E-state index contributed by atoms with van der Waals surface area (Å²) < 4.78 is -0.258. The molecule has 1 nitrogen and oxygen atoms in total. The molecule has 0 spiro atoms. The van der Waals surface area contributed by atoms with Crippen molar-refractivity contribution in [3.63, 3.8) is 0 Å². The maximum Gasteiger partial charge on any atom is 1.00 e. The van der Waals surface area contributed by atoms with Crippen LogP contribution in [0.1, 0.15) is 27.2 Å². The summed E-state index contributed by atoms with van der Waals surface area (Å²) in [5.41, 5.74) is 1.67. The summed E-state index contributed by atoms with van der Waals surface area (Å²) in [5, 5.41) is 1.08. The Bertz CT molecular complexity index is 456. The van der Waals surface area contributed by atoms with Gasteiger partial charge in [0.05, 0.1) is 0 Å². The third-order valence-electron chi connectivity index (χ3n) is 3.02. The molecule has 0 amide bonds. The molecular weight excluding hydrogens is 254 g/mol. The van der Waals surface area contributed by atoms with Crippen LogP contribution in [-0.4, -0.2) is 10.3 Å². The Kier molecular flexibility index (Phi) is 5.75. The predicted molar refractivity (Wildman–Crippen MR) is 77.0 cm³/mol. The zero-order chi connectivity index (χ0) is 12.5. The average molecular weight is 270 g/mol. The zero-order valence-electron chi connectivity index (χ0n) is 11.4. The average Bonchev–Trinajstić information content (AvgIpc) is 2.55. The number of benzene rings is 1. The Labute approximate surface area is 127 Å². The van der Waals surface area contributed by atoms with E-state index in [0.29, 0.717) is 5.52 Å². The number of carbonyl (C=O) groups excluding carboxylic acids is 1. The molecule has 0 radical (unpaired) electrons. The van der Waals surface area contributed by atoms with Crippen LogP contribution in [0.4, 0.5) is 0 Å². The fourth-order valence-corrected chi connectivity index (χ4v) is 4.39. The Morgan fingerprint density at radius 3 is 2.39 bits per heavy atom. The van der Waals surface area contributed by atoms with Crippen LogP contribution >= 0.6 is 20.3 Å². The summed E-state index contributed by atoms with van der Waals surface area (Å²) in [6, 6.07) is 9.96. The van der Waals surface area contributed by atoms with E-state index in [9.17, 15) is 4.79 Å². The first-order valence-corrected chi connectivity index (χ1v) is 7.39. The van der Waals surface area contributed by atoms with Gasteiger partial charge < -0.3 is 13.4 Å². The smallest absolute Gasteiger partial charge is 0.430 e. The molecule has 0 saturated carbocycles. The van der Waals surface area contributed by atoms with Gasteiger partial charge in [0.15, 0.2) is 0 Å². The van der Waals surface area contributed by atoms with Crippen molar-refractivity contribution >= 4 is 31.2 Å². The molecule has 1 aromatic rings. The number of carbonyl (C=O) groups is 1. The number of rotatable bonds is 3. The van der Waals surface area contributed by atoms with Crippen molar-refractivity contribution in [3.8, 4) is 0 Å². The SMILES string of the molecule is CC1=C(C)SC(C)(C(=O)[P-]c2ccccc2)C1.[Li+]. The fraction of sp³-hybridized carbons (Fsp3) is 0.357. The Morgan fingerprint density at radius 1 is 1.28 bits per heavy atom. The molecule has 1 atom stereocenters. The first kappa shape index (κ1) is 16.1. The maximum atomic E-state index is 12.4. The van der Waals surface area contributed by atoms with Gasteiger partial charge in [0.2, 0.25) is 0 Å². The van der Waals surface area contributed by atoms with Gasteiger partial charge in [-0.05, 0) is 37.6 Å². The second-order valence-electron chi connectivity index (χ2n) is 4.60. The van der Waals surface area contributed by atoms with Gasteiger partial charge in [0.1, 0.15) is 0 Å². The van der Waals surface area contributed by atoms with E-state index in [-0.39, 0.29) is 23.6 Å². The van der Waals surface area contributed by atoms with Crippen molar-refractivity contribution in [1.29, 1.82) is 0 Å². The molecule has 1 aliphatic rings. The van der Waals surface area contributed by atoms with E-state index < -0.39 is 0 Å². The van der Waals surface area contributed by atoms with Crippen molar-refractivity contribution < 1.29 is 23.7 Å². The van der Waals surface area contributed by atoms with Crippen LogP contribution < -0.4 is 24.2 Å². The van der Waals surface area contributed by atoms with Crippen molar-refractivity contribution in [3.05, 3.63) is 40.8 Å². The van der Waals surface area contributed by atoms with Crippen LogP contribution in [-0.2, 0) is 4.79 Å². The third kappa shape index (κ3) is 3.52. The molecule has 0 N–H and O–H groups in total. The molecule has 0 bridgehead atoms. The van der Waals surface area contributed by atoms with Gasteiger partial charge in [-0.25, -0.2) is 0 Å². The molecule has 2 rings (SSSR count). The molecule has 1 unspecified atom stereocenters. The van der Waals surface area contributed by atoms with Crippen LogP contribution in [0.3, 0.4) is 0 Å². The minimum atomic E-state index is -0.258. The van der Waals surface area contributed by atoms with Crippen molar-refractivity contribution in [2.45, 2.75) is 31.9 Å². The standard InChI is InChI=1S/C14H16OPS.Li/c1-10-9-14(3,17-11(10)2)13(15)16-12-7-5-4-6-8-12;/h4-8H,9H2,1-3H3;/q-1;+1. The quantitative estimate of drug-likeness (QED) is 0.601. The zero-order valence-corrected chi connectivity index (χ0v) is 13.1. The number of thioether (sulfide) groups is 1. The van der Waals surface area contributed by atoms with E-state index in [0.717, 1.165) is 20.3 Å². The number of hydrogen-bond donors (Lipinski definition) is 0. The molecule has 4 heteroatoms. The predicted octanol–water partition coefficient (Wildman–Crippen LogP) is 0.978. The fourth-order valence-electron chi connectivity index (χ4n) is 1.95. The second kappa shape index (κ2) is 6.44. The summed E-state index contributed by atoms with van der Waals surface area (Å²) in [5.74, 6) is 0. The first-order valence-electron chi connectivity index (χ1n) is 5.68. The van der Waals surface area contributed by atoms with Crippen LogP contribution in [0.25, 0.3) is 0 Å². The monoisotopic (exact) mass is 270 g/mol. The van der Waals surface area contributed by atoms with Gasteiger partial charge in [-0.15, -0.1) is 11.8 Å². The van der Waals surface area contributed by atoms with Crippen LogP contribution in [0.15, 0.2) is 40.8 Å². The molecule has 0 saturated heterocycles. The third-order valence-corrected chi connectivity index (χ3v) is 5.86. The summed E-state index contributed by atoms with van der Waals surface area (Å²) in [6.07, 6.45) is 0.891.